The highest BCUT2D eigenvalue weighted by Crippen LogP contribution is 2.31. The number of nitrogens with zero attached hydrogens (tertiary/aromatic N) is 4. The second kappa shape index (κ2) is 6.76. The molecular formula is C20H21FN4. The summed E-state index contributed by atoms with van der Waals surface area (Å²) in [5.41, 5.74) is 1.68. The molecule has 0 spiro atoms. The summed E-state index contributed by atoms with van der Waals surface area (Å²) in [4.78, 5) is 4.68. The van der Waals surface area contributed by atoms with Gasteiger partial charge in [0.2, 0.25) is 0 Å². The molecule has 0 N–H and O–H groups in total. The Hall–Kier alpha value is -2.53. The van der Waals surface area contributed by atoms with Crippen molar-refractivity contribution in [3.05, 3.63) is 54.3 Å². The van der Waals surface area contributed by atoms with Gasteiger partial charge in [0.1, 0.15) is 11.5 Å². The Labute approximate surface area is 146 Å². The van der Waals surface area contributed by atoms with Gasteiger partial charge in [-0.3, -0.25) is 0 Å². The predicted octanol–water partition coefficient (Wildman–Crippen LogP) is 3.58. The first-order valence-electron chi connectivity index (χ1n) is 8.67. The number of anilines is 1. The van der Waals surface area contributed by atoms with Crippen molar-refractivity contribution in [1.29, 1.82) is 0 Å². The quantitative estimate of drug-likeness (QED) is 0.716. The molecule has 1 fully saturated rings. The number of hydrogen-bond acceptors (Lipinski definition) is 4. The molecule has 4 nitrogen and oxygen atoms in total. The van der Waals surface area contributed by atoms with Gasteiger partial charge in [0.15, 0.2) is 5.82 Å². The predicted molar refractivity (Wildman–Crippen MR) is 99.3 cm³/mol. The van der Waals surface area contributed by atoms with Gasteiger partial charge < -0.3 is 9.80 Å². The molecule has 0 amide bonds. The number of hydrogen-bond donors (Lipinski definition) is 0. The Morgan fingerprint density at radius 2 is 1.60 bits per heavy atom. The first-order valence-corrected chi connectivity index (χ1v) is 8.67. The lowest BCUT2D eigenvalue weighted by Crippen LogP contribution is -2.29. The van der Waals surface area contributed by atoms with Crippen LogP contribution < -0.4 is 4.90 Å². The van der Waals surface area contributed by atoms with Crippen LogP contribution in [-0.2, 0) is 0 Å². The fraction of sp³-hybridized carbons (Fsp3) is 0.300. The van der Waals surface area contributed by atoms with Crippen molar-refractivity contribution < 1.29 is 4.39 Å². The molecule has 5 heteroatoms. The first kappa shape index (κ1) is 16.0. The zero-order valence-corrected chi connectivity index (χ0v) is 14.3. The Morgan fingerprint density at radius 3 is 2.40 bits per heavy atom. The lowest BCUT2D eigenvalue weighted by atomic mass is 10.0. The summed E-state index contributed by atoms with van der Waals surface area (Å²) < 4.78 is 13.2. The molecule has 0 radical (unpaired) electrons. The van der Waals surface area contributed by atoms with E-state index in [0.717, 1.165) is 60.4 Å². The van der Waals surface area contributed by atoms with Crippen LogP contribution in [0.25, 0.3) is 22.0 Å². The maximum atomic E-state index is 13.2. The SMILES string of the molecule is CN1CCCN(c2nnc(-c3ccc(F)cc3)c3ccccc23)CC1. The van der Waals surface area contributed by atoms with Gasteiger partial charge in [0, 0.05) is 36.0 Å². The number of fused-ring (bicyclic) bond motifs is 1. The molecule has 0 unspecified atom stereocenters. The second-order valence-electron chi connectivity index (χ2n) is 6.57. The van der Waals surface area contributed by atoms with E-state index in [-0.39, 0.29) is 5.82 Å². The van der Waals surface area contributed by atoms with Crippen LogP contribution in [-0.4, -0.2) is 48.3 Å². The monoisotopic (exact) mass is 336 g/mol. The van der Waals surface area contributed by atoms with Crippen LogP contribution in [0.2, 0.25) is 0 Å². The van der Waals surface area contributed by atoms with Crippen molar-refractivity contribution in [3.63, 3.8) is 0 Å². The van der Waals surface area contributed by atoms with E-state index in [9.17, 15) is 4.39 Å². The fourth-order valence-corrected chi connectivity index (χ4v) is 3.40. The summed E-state index contributed by atoms with van der Waals surface area (Å²) in [5, 5.41) is 11.2. The number of benzene rings is 2. The molecule has 2 aromatic carbocycles. The molecule has 0 bridgehead atoms. The Morgan fingerprint density at radius 1 is 0.840 bits per heavy atom. The van der Waals surface area contributed by atoms with E-state index >= 15 is 0 Å². The highest BCUT2D eigenvalue weighted by atomic mass is 19.1. The normalized spacial score (nSPS) is 16.2. The van der Waals surface area contributed by atoms with Crippen LogP contribution in [0.5, 0.6) is 0 Å². The lowest BCUT2D eigenvalue weighted by Gasteiger charge is -2.23. The summed E-state index contributed by atoms with van der Waals surface area (Å²) in [6.07, 6.45) is 1.12. The second-order valence-corrected chi connectivity index (χ2v) is 6.57. The maximum Gasteiger partial charge on any atom is 0.159 e. The fourth-order valence-electron chi connectivity index (χ4n) is 3.40. The molecule has 1 aromatic heterocycles. The van der Waals surface area contributed by atoms with E-state index in [4.69, 9.17) is 0 Å². The Balaban J connectivity index is 1.80. The van der Waals surface area contributed by atoms with E-state index in [1.807, 2.05) is 12.1 Å². The minimum Gasteiger partial charge on any atom is -0.353 e. The molecule has 0 aliphatic carbocycles. The summed E-state index contributed by atoms with van der Waals surface area (Å²) in [5.74, 6) is 0.697. The molecule has 1 aliphatic heterocycles. The standard InChI is InChI=1S/C20H21FN4/c1-24-11-4-12-25(14-13-24)20-18-6-3-2-5-17(18)19(22-23-20)15-7-9-16(21)10-8-15/h2-3,5-10H,4,11-14H2,1H3. The maximum absolute atomic E-state index is 13.2. The molecule has 3 aromatic rings. The van der Waals surface area contributed by atoms with E-state index in [0.29, 0.717) is 0 Å². The highest BCUT2D eigenvalue weighted by Gasteiger charge is 2.18. The average molecular weight is 336 g/mol. The number of halogens is 1. The van der Waals surface area contributed by atoms with Gasteiger partial charge in [-0.2, -0.15) is 0 Å². The zero-order chi connectivity index (χ0) is 17.2. The molecule has 0 saturated carbocycles. The number of rotatable bonds is 2. The molecule has 4 rings (SSSR count). The Kier molecular flexibility index (Phi) is 4.32. The van der Waals surface area contributed by atoms with Crippen LogP contribution in [0.1, 0.15) is 6.42 Å². The third-order valence-corrected chi connectivity index (χ3v) is 4.80. The third kappa shape index (κ3) is 3.20. The van der Waals surface area contributed by atoms with Gasteiger partial charge in [-0.05, 0) is 44.3 Å². The summed E-state index contributed by atoms with van der Waals surface area (Å²) in [6.45, 7) is 4.06. The van der Waals surface area contributed by atoms with Crippen LogP contribution in [0, 0.1) is 5.82 Å². The van der Waals surface area contributed by atoms with Crippen LogP contribution >= 0.6 is 0 Å². The smallest absolute Gasteiger partial charge is 0.159 e. The van der Waals surface area contributed by atoms with Gasteiger partial charge in [-0.15, -0.1) is 10.2 Å². The van der Waals surface area contributed by atoms with Crippen LogP contribution in [0.4, 0.5) is 10.2 Å². The molecule has 25 heavy (non-hydrogen) atoms. The van der Waals surface area contributed by atoms with Gasteiger partial charge in [0.25, 0.3) is 0 Å². The van der Waals surface area contributed by atoms with E-state index in [1.165, 1.54) is 12.1 Å². The van der Waals surface area contributed by atoms with Gasteiger partial charge >= 0.3 is 0 Å². The van der Waals surface area contributed by atoms with Gasteiger partial charge in [-0.25, -0.2) is 4.39 Å². The van der Waals surface area contributed by atoms with Crippen LogP contribution in [0.3, 0.4) is 0 Å². The third-order valence-electron chi connectivity index (χ3n) is 4.80. The minimum absolute atomic E-state index is 0.244. The average Bonchev–Trinajstić information content (AvgIpc) is 2.86. The molecule has 2 heterocycles. The summed E-state index contributed by atoms with van der Waals surface area (Å²) in [7, 11) is 2.16. The van der Waals surface area contributed by atoms with E-state index in [2.05, 4.69) is 39.2 Å². The molecular weight excluding hydrogens is 315 g/mol. The largest absolute Gasteiger partial charge is 0.353 e. The molecule has 128 valence electrons. The highest BCUT2D eigenvalue weighted by molar-refractivity contribution is 6.00. The van der Waals surface area contributed by atoms with E-state index < -0.39 is 0 Å². The number of likely N-dealkylation sites (N-methyl/N-ethyl adjacent to an activating group) is 1. The summed E-state index contributed by atoms with van der Waals surface area (Å²) in [6, 6.07) is 14.6. The van der Waals surface area contributed by atoms with Crippen LogP contribution in [0.15, 0.2) is 48.5 Å². The Bertz CT molecular complexity index is 879. The number of aromatic nitrogens is 2. The lowest BCUT2D eigenvalue weighted by molar-refractivity contribution is 0.360. The van der Waals surface area contributed by atoms with Crippen molar-refractivity contribution >= 4 is 16.6 Å². The topological polar surface area (TPSA) is 32.3 Å². The molecule has 0 atom stereocenters. The first-order chi connectivity index (χ1) is 12.2. The zero-order valence-electron chi connectivity index (χ0n) is 14.3. The molecule has 1 saturated heterocycles. The van der Waals surface area contributed by atoms with Gasteiger partial charge in [-0.1, -0.05) is 24.3 Å². The van der Waals surface area contributed by atoms with Crippen molar-refractivity contribution in [3.8, 4) is 11.3 Å². The van der Waals surface area contributed by atoms with Crippen molar-refractivity contribution in [2.45, 2.75) is 6.42 Å². The minimum atomic E-state index is -0.244. The van der Waals surface area contributed by atoms with Gasteiger partial charge in [0.05, 0.1) is 0 Å². The van der Waals surface area contributed by atoms with E-state index in [1.54, 1.807) is 12.1 Å². The summed E-state index contributed by atoms with van der Waals surface area (Å²) >= 11 is 0. The molecule has 1 aliphatic rings. The van der Waals surface area contributed by atoms with Crippen molar-refractivity contribution in [2.24, 2.45) is 0 Å². The van der Waals surface area contributed by atoms with Crippen molar-refractivity contribution in [2.75, 3.05) is 38.1 Å². The van der Waals surface area contributed by atoms with Crippen molar-refractivity contribution in [1.82, 2.24) is 15.1 Å².